The summed E-state index contributed by atoms with van der Waals surface area (Å²) in [6, 6.07) is 12.2. The molecule has 0 spiro atoms. The molecule has 2 heterocycles. The van der Waals surface area contributed by atoms with Gasteiger partial charge < -0.3 is 14.8 Å². The number of alkyl halides is 1. The lowest BCUT2D eigenvalue weighted by Crippen LogP contribution is -2.54. The van der Waals surface area contributed by atoms with Gasteiger partial charge in [-0.3, -0.25) is 19.1 Å². The van der Waals surface area contributed by atoms with Crippen LogP contribution >= 0.6 is 11.6 Å². The number of nitrogens with one attached hydrogen (secondary N) is 1. The lowest BCUT2D eigenvalue weighted by atomic mass is 9.87. The van der Waals surface area contributed by atoms with Crippen molar-refractivity contribution in [3.63, 3.8) is 0 Å². The van der Waals surface area contributed by atoms with Crippen molar-refractivity contribution >= 4 is 45.9 Å². The molecule has 1 aliphatic carbocycles. The topological polar surface area (TPSA) is 103 Å². The predicted molar refractivity (Wildman–Crippen MR) is 152 cm³/mol. The van der Waals surface area contributed by atoms with Crippen LogP contribution in [0.25, 0.3) is 10.9 Å². The molecule has 1 atom stereocenters. The number of benzene rings is 2. The number of nitrogens with zero attached hydrogens (tertiary/aromatic N) is 3. The van der Waals surface area contributed by atoms with Gasteiger partial charge in [0.2, 0.25) is 5.78 Å². The van der Waals surface area contributed by atoms with Crippen LogP contribution in [-0.2, 0) is 32.5 Å². The van der Waals surface area contributed by atoms with Crippen LogP contribution < -0.4 is 5.32 Å². The van der Waals surface area contributed by atoms with Gasteiger partial charge in [0.05, 0.1) is 35.4 Å². The average Bonchev–Trinajstić information content (AvgIpc) is 3.64. The van der Waals surface area contributed by atoms with Crippen molar-refractivity contribution in [3.8, 4) is 0 Å². The van der Waals surface area contributed by atoms with Crippen LogP contribution in [-0.4, -0.2) is 64.6 Å². The van der Waals surface area contributed by atoms with Crippen LogP contribution in [0.1, 0.15) is 54.6 Å². The van der Waals surface area contributed by atoms with Gasteiger partial charge in [0.1, 0.15) is 0 Å². The summed E-state index contributed by atoms with van der Waals surface area (Å²) in [4.78, 5) is 39.8. The molecule has 0 radical (unpaired) electrons. The molecular formula is C30H34ClFN4O5. The average molecular weight is 585 g/mol. The second kappa shape index (κ2) is 12.3. The molecule has 3 aromatic rings. The van der Waals surface area contributed by atoms with E-state index >= 15 is 4.39 Å². The van der Waals surface area contributed by atoms with Crippen LogP contribution in [0, 0.1) is 5.92 Å². The van der Waals surface area contributed by atoms with Gasteiger partial charge in [-0.15, -0.1) is 0 Å². The third-order valence-corrected chi connectivity index (χ3v) is 8.32. The molecule has 1 saturated carbocycles. The highest BCUT2D eigenvalue weighted by molar-refractivity contribution is 6.34. The highest BCUT2D eigenvalue weighted by atomic mass is 35.5. The number of aryl methyl sites for hydroxylation is 1. The molecule has 41 heavy (non-hydrogen) atoms. The summed E-state index contributed by atoms with van der Waals surface area (Å²) in [6.07, 6.45) is 2.85. The number of rotatable bonds is 9. The molecule has 1 aromatic heterocycles. The number of ether oxygens (including phenoxy) is 2. The van der Waals surface area contributed by atoms with Crippen molar-refractivity contribution in [1.82, 2.24) is 14.7 Å². The number of esters is 1. The number of anilines is 1. The zero-order chi connectivity index (χ0) is 29.1. The molecule has 218 valence electrons. The molecule has 2 aliphatic rings. The number of carbonyl (C=O) groups is 3. The van der Waals surface area contributed by atoms with Gasteiger partial charge in [0.25, 0.3) is 5.91 Å². The summed E-state index contributed by atoms with van der Waals surface area (Å²) >= 11 is 6.49. The Hall–Kier alpha value is -3.34. The second-order valence-electron chi connectivity index (χ2n) is 10.7. The molecule has 9 nitrogen and oxygen atoms in total. The van der Waals surface area contributed by atoms with Crippen LogP contribution in [0.5, 0.6) is 0 Å². The normalized spacial score (nSPS) is 21.0. The first-order chi connectivity index (χ1) is 19.7. The molecule has 11 heteroatoms. The molecule has 1 unspecified atom stereocenters. The number of para-hydroxylation sites is 1. The van der Waals surface area contributed by atoms with Crippen molar-refractivity contribution < 1.29 is 28.2 Å². The Bertz CT molecular complexity index is 1450. The van der Waals surface area contributed by atoms with E-state index in [1.54, 1.807) is 29.9 Å². The van der Waals surface area contributed by atoms with Gasteiger partial charge in [0, 0.05) is 31.9 Å². The number of halogens is 2. The zero-order valence-electron chi connectivity index (χ0n) is 23.2. The standard InChI is InChI=1S/C30H34ClFN4O5/c1-35-25-8-4-3-7-22(25)27(34-35)28(38)33-24-14-9-19(17-23(24)31)18-26(37)30(32,36-15-5-6-16-36)41-21-12-10-20(11-13-21)29(39)40-2/h3-4,7-9,14,17,20-21H,5-6,10-13,15-16,18H2,1-2H3,(H,33,38). The van der Waals surface area contributed by atoms with Gasteiger partial charge >= 0.3 is 11.9 Å². The summed E-state index contributed by atoms with van der Waals surface area (Å²) in [5.74, 6) is -4.19. The van der Waals surface area contributed by atoms with Crippen LogP contribution in [0.4, 0.5) is 10.1 Å². The van der Waals surface area contributed by atoms with E-state index in [0.717, 1.165) is 18.4 Å². The van der Waals surface area contributed by atoms with E-state index in [-0.39, 0.29) is 29.0 Å². The van der Waals surface area contributed by atoms with E-state index < -0.39 is 23.8 Å². The Balaban J connectivity index is 1.27. The number of aromatic nitrogens is 2. The highest BCUT2D eigenvalue weighted by Gasteiger charge is 2.48. The SMILES string of the molecule is COC(=O)C1CCC(OC(F)(C(=O)Cc2ccc(NC(=O)c3nn(C)c4ccccc34)c(Cl)c2)N2CCCC2)CC1. The van der Waals surface area contributed by atoms with Gasteiger partial charge in [-0.25, -0.2) is 4.90 Å². The molecule has 1 aliphatic heterocycles. The molecule has 1 amide bonds. The largest absolute Gasteiger partial charge is 0.469 e. The molecule has 2 fully saturated rings. The smallest absolute Gasteiger partial charge is 0.330 e. The third kappa shape index (κ3) is 6.14. The van der Waals surface area contributed by atoms with Crippen molar-refractivity contribution in [3.05, 3.63) is 58.7 Å². The number of ketones is 1. The minimum absolute atomic E-state index is 0.219. The Kier molecular flexibility index (Phi) is 8.72. The fourth-order valence-corrected chi connectivity index (χ4v) is 6.00. The minimum atomic E-state index is -2.57. The van der Waals surface area contributed by atoms with E-state index in [4.69, 9.17) is 21.1 Å². The van der Waals surface area contributed by atoms with Crippen molar-refractivity contribution in [2.45, 2.75) is 57.0 Å². The van der Waals surface area contributed by atoms with Crippen LogP contribution in [0.2, 0.25) is 5.02 Å². The van der Waals surface area contributed by atoms with Gasteiger partial charge in [-0.2, -0.15) is 9.49 Å². The van der Waals surface area contributed by atoms with E-state index in [1.807, 2.05) is 24.3 Å². The van der Waals surface area contributed by atoms with E-state index in [2.05, 4.69) is 10.4 Å². The molecule has 1 saturated heterocycles. The second-order valence-corrected chi connectivity index (χ2v) is 11.1. The number of hydrogen-bond acceptors (Lipinski definition) is 7. The number of amides is 1. The molecule has 0 bridgehead atoms. The van der Waals surface area contributed by atoms with Gasteiger partial charge in [-0.05, 0) is 62.3 Å². The predicted octanol–water partition coefficient (Wildman–Crippen LogP) is 5.06. The fourth-order valence-electron chi connectivity index (χ4n) is 5.75. The number of carbonyl (C=O) groups excluding carboxylic acids is 3. The lowest BCUT2D eigenvalue weighted by Gasteiger charge is -2.37. The van der Waals surface area contributed by atoms with Gasteiger partial charge in [-0.1, -0.05) is 35.9 Å². The summed E-state index contributed by atoms with van der Waals surface area (Å²) in [5.41, 5.74) is 1.95. The Morgan fingerprint density at radius 1 is 1.10 bits per heavy atom. The Morgan fingerprint density at radius 3 is 2.49 bits per heavy atom. The van der Waals surface area contributed by atoms with Crippen molar-refractivity contribution in [1.29, 1.82) is 0 Å². The van der Waals surface area contributed by atoms with Crippen molar-refractivity contribution in [2.75, 3.05) is 25.5 Å². The summed E-state index contributed by atoms with van der Waals surface area (Å²) in [6.45, 7) is 0.849. The molecule has 1 N–H and O–H groups in total. The summed E-state index contributed by atoms with van der Waals surface area (Å²) in [5, 5.41) is 8.05. The minimum Gasteiger partial charge on any atom is -0.469 e. The number of fused-ring (bicyclic) bond motifs is 1. The van der Waals surface area contributed by atoms with E-state index in [1.165, 1.54) is 12.0 Å². The quantitative estimate of drug-likeness (QED) is 0.277. The number of Topliss-reactive ketones (excluding diaryl/α,β-unsaturated/α-hetero) is 1. The Labute approximate surface area is 242 Å². The van der Waals surface area contributed by atoms with Gasteiger partial charge in [0.15, 0.2) is 5.69 Å². The van der Waals surface area contributed by atoms with Crippen LogP contribution in [0.3, 0.4) is 0 Å². The maximum Gasteiger partial charge on any atom is 0.330 e. The molecular weight excluding hydrogens is 551 g/mol. The van der Waals surface area contributed by atoms with Crippen molar-refractivity contribution in [2.24, 2.45) is 13.0 Å². The Morgan fingerprint density at radius 2 is 1.80 bits per heavy atom. The van der Waals surface area contributed by atoms with E-state index in [0.29, 0.717) is 55.4 Å². The monoisotopic (exact) mass is 584 g/mol. The fraction of sp³-hybridized carbons (Fsp3) is 0.467. The first-order valence-corrected chi connectivity index (χ1v) is 14.3. The first kappa shape index (κ1) is 29.2. The van der Waals surface area contributed by atoms with Crippen LogP contribution in [0.15, 0.2) is 42.5 Å². The summed E-state index contributed by atoms with van der Waals surface area (Å²) in [7, 11) is 3.13. The maximum absolute atomic E-state index is 16.5. The summed E-state index contributed by atoms with van der Waals surface area (Å²) < 4.78 is 28.9. The number of methoxy groups -OCH3 is 1. The highest BCUT2D eigenvalue weighted by Crippen LogP contribution is 2.35. The zero-order valence-corrected chi connectivity index (χ0v) is 24.0. The molecule has 2 aromatic carbocycles. The maximum atomic E-state index is 16.5. The number of likely N-dealkylation sites (tertiary alicyclic amines) is 1. The molecule has 5 rings (SSSR count). The van der Waals surface area contributed by atoms with E-state index in [9.17, 15) is 14.4 Å². The number of hydrogen-bond donors (Lipinski definition) is 1. The lowest BCUT2D eigenvalue weighted by molar-refractivity contribution is -0.252. The third-order valence-electron chi connectivity index (χ3n) is 8.01. The first-order valence-electron chi connectivity index (χ1n) is 13.9.